The van der Waals surface area contributed by atoms with Gasteiger partial charge < -0.3 is 4.90 Å². The number of nitrogens with zero attached hydrogens (tertiary/aromatic N) is 1. The molecule has 0 fully saturated rings. The van der Waals surface area contributed by atoms with Crippen molar-refractivity contribution in [3.05, 3.63) is 24.9 Å². The normalized spacial score (nSPS) is 9.43. The zero-order valence-electron chi connectivity index (χ0n) is 4.76. The summed E-state index contributed by atoms with van der Waals surface area (Å²) in [6, 6.07) is 0. The summed E-state index contributed by atoms with van der Waals surface area (Å²) in [7, 11) is 3.89. The van der Waals surface area contributed by atoms with Crippen LogP contribution >= 0.6 is 0 Å². The van der Waals surface area contributed by atoms with E-state index >= 15 is 0 Å². The topological polar surface area (TPSA) is 3.24 Å². The number of hydrogen-bond donors (Lipinski definition) is 0. The third-order valence-corrected chi connectivity index (χ3v) is 0.495. The highest BCUT2D eigenvalue weighted by molar-refractivity contribution is 4.93. The quantitative estimate of drug-likeness (QED) is 0.464. The summed E-state index contributed by atoms with van der Waals surface area (Å²) < 4.78 is 0. The van der Waals surface area contributed by atoms with Crippen molar-refractivity contribution in [2.75, 3.05) is 14.1 Å². The first-order chi connectivity index (χ1) is 3.27. The van der Waals surface area contributed by atoms with E-state index in [0.29, 0.717) is 0 Å². The summed E-state index contributed by atoms with van der Waals surface area (Å²) in [5.41, 5.74) is 0. The molecule has 0 aromatic heterocycles. The molecule has 0 saturated heterocycles. The van der Waals surface area contributed by atoms with Crippen LogP contribution in [0.4, 0.5) is 0 Å². The molecule has 0 heterocycles. The predicted octanol–water partition coefficient (Wildman–Crippen LogP) is 1.05. The van der Waals surface area contributed by atoms with Crippen LogP contribution in [0.15, 0.2) is 18.4 Å². The van der Waals surface area contributed by atoms with Gasteiger partial charge in [0.15, 0.2) is 0 Å². The first-order valence-electron chi connectivity index (χ1n) is 2.15. The molecule has 39 valence electrons. The van der Waals surface area contributed by atoms with Gasteiger partial charge in [0.1, 0.15) is 0 Å². The van der Waals surface area contributed by atoms with Crippen molar-refractivity contribution in [1.29, 1.82) is 0 Å². The number of rotatable bonds is 2. The van der Waals surface area contributed by atoms with Crippen LogP contribution in [0.1, 0.15) is 0 Å². The summed E-state index contributed by atoms with van der Waals surface area (Å²) >= 11 is 0. The molecule has 0 N–H and O–H groups in total. The smallest absolute Gasteiger partial charge is 0.00556 e. The van der Waals surface area contributed by atoms with Crippen molar-refractivity contribution in [3.63, 3.8) is 0 Å². The summed E-state index contributed by atoms with van der Waals surface area (Å²) in [6.45, 7) is 5.04. The van der Waals surface area contributed by atoms with Gasteiger partial charge in [-0.15, -0.1) is 0 Å². The predicted molar refractivity (Wildman–Crippen MR) is 31.7 cm³/mol. The van der Waals surface area contributed by atoms with E-state index in [4.69, 9.17) is 6.58 Å². The van der Waals surface area contributed by atoms with E-state index in [0.717, 1.165) is 0 Å². The molecule has 0 aromatic rings. The Morgan fingerprint density at radius 2 is 2.00 bits per heavy atom. The Hall–Kier alpha value is -0.720. The Balaban J connectivity index is 3.25. The van der Waals surface area contributed by atoms with E-state index in [-0.39, 0.29) is 0 Å². The van der Waals surface area contributed by atoms with Gasteiger partial charge in [0.2, 0.25) is 0 Å². The Labute approximate surface area is 44.9 Å². The van der Waals surface area contributed by atoms with Crippen LogP contribution in [0.5, 0.6) is 0 Å². The lowest BCUT2D eigenvalue weighted by Crippen LogP contribution is -1.99. The van der Waals surface area contributed by atoms with Crippen molar-refractivity contribution in [3.8, 4) is 0 Å². The van der Waals surface area contributed by atoms with Gasteiger partial charge in [-0.2, -0.15) is 0 Å². The largest absolute Gasteiger partial charge is 0.383 e. The van der Waals surface area contributed by atoms with Crippen LogP contribution in [0.3, 0.4) is 0 Å². The standard InChI is InChI=1S/C6H10N/c1-4-5-6-7(2)3/h1,4-6H,2-3H3. The molecule has 0 bridgehead atoms. The zero-order valence-corrected chi connectivity index (χ0v) is 4.76. The average Bonchev–Trinajstić information content (AvgIpc) is 1.61. The Morgan fingerprint density at radius 3 is 2.14 bits per heavy atom. The monoisotopic (exact) mass is 96.1 g/mol. The van der Waals surface area contributed by atoms with Gasteiger partial charge in [-0.1, -0.05) is 12.7 Å². The van der Waals surface area contributed by atoms with Crippen molar-refractivity contribution in [2.24, 2.45) is 0 Å². The van der Waals surface area contributed by atoms with Gasteiger partial charge in [-0.05, 0) is 12.3 Å². The fourth-order valence-corrected chi connectivity index (χ4v) is 0.222. The Morgan fingerprint density at radius 1 is 1.43 bits per heavy atom. The SMILES string of the molecule is [CH]=CC=CN(C)C. The summed E-state index contributed by atoms with van der Waals surface area (Å²) in [6.07, 6.45) is 5.15. The molecule has 0 spiro atoms. The van der Waals surface area contributed by atoms with E-state index in [2.05, 4.69) is 0 Å². The molecule has 1 radical (unpaired) electrons. The second-order valence-electron chi connectivity index (χ2n) is 1.50. The Kier molecular flexibility index (Phi) is 3.11. The van der Waals surface area contributed by atoms with Crippen molar-refractivity contribution >= 4 is 0 Å². The molecule has 0 saturated carbocycles. The zero-order chi connectivity index (χ0) is 5.70. The molecule has 0 aromatic carbocycles. The molecule has 1 nitrogen and oxygen atoms in total. The molecule has 0 aliphatic heterocycles. The molecule has 1 heteroatoms. The third kappa shape index (κ3) is 5.28. The van der Waals surface area contributed by atoms with Gasteiger partial charge in [-0.3, -0.25) is 0 Å². The van der Waals surface area contributed by atoms with Gasteiger partial charge in [-0.25, -0.2) is 0 Å². The van der Waals surface area contributed by atoms with Gasteiger partial charge >= 0.3 is 0 Å². The van der Waals surface area contributed by atoms with E-state index in [1.807, 2.05) is 25.2 Å². The maximum absolute atomic E-state index is 5.04. The van der Waals surface area contributed by atoms with Crippen LogP contribution in [0, 0.1) is 6.58 Å². The van der Waals surface area contributed by atoms with Gasteiger partial charge in [0, 0.05) is 14.1 Å². The van der Waals surface area contributed by atoms with Gasteiger partial charge in [0.25, 0.3) is 0 Å². The van der Waals surface area contributed by atoms with E-state index in [9.17, 15) is 0 Å². The van der Waals surface area contributed by atoms with Crippen LogP contribution in [-0.4, -0.2) is 19.0 Å². The number of hydrogen-bond acceptors (Lipinski definition) is 1. The van der Waals surface area contributed by atoms with Crippen molar-refractivity contribution in [2.45, 2.75) is 0 Å². The first-order valence-corrected chi connectivity index (χ1v) is 2.15. The molecular weight excluding hydrogens is 86.1 g/mol. The minimum Gasteiger partial charge on any atom is -0.383 e. The number of allylic oxidation sites excluding steroid dienone is 2. The molecule has 7 heavy (non-hydrogen) atoms. The highest BCUT2D eigenvalue weighted by atomic mass is 15.0. The highest BCUT2D eigenvalue weighted by Crippen LogP contribution is 1.75. The first kappa shape index (κ1) is 6.28. The summed E-state index contributed by atoms with van der Waals surface area (Å²) in [5, 5.41) is 0. The molecule has 0 amide bonds. The molecule has 0 unspecified atom stereocenters. The lowest BCUT2D eigenvalue weighted by atomic mass is 10.6. The van der Waals surface area contributed by atoms with E-state index < -0.39 is 0 Å². The molecule has 0 atom stereocenters. The van der Waals surface area contributed by atoms with Gasteiger partial charge in [0.05, 0.1) is 0 Å². The molecule has 0 rings (SSSR count). The fourth-order valence-electron chi connectivity index (χ4n) is 0.222. The van der Waals surface area contributed by atoms with Crippen molar-refractivity contribution in [1.82, 2.24) is 4.90 Å². The minimum absolute atomic E-state index is 1.50. The second-order valence-corrected chi connectivity index (χ2v) is 1.50. The lowest BCUT2D eigenvalue weighted by Gasteiger charge is -2.00. The molecular formula is C6H10N. The second kappa shape index (κ2) is 3.47. The van der Waals surface area contributed by atoms with Crippen LogP contribution < -0.4 is 0 Å². The molecule has 0 aliphatic carbocycles. The lowest BCUT2D eigenvalue weighted by molar-refractivity contribution is 0.564. The Bertz CT molecular complexity index is 72.2. The third-order valence-electron chi connectivity index (χ3n) is 0.495. The van der Waals surface area contributed by atoms with Crippen LogP contribution in [0.25, 0.3) is 0 Å². The summed E-state index contributed by atoms with van der Waals surface area (Å²) in [5.74, 6) is 0. The van der Waals surface area contributed by atoms with Crippen molar-refractivity contribution < 1.29 is 0 Å². The molecule has 0 aliphatic rings. The maximum Gasteiger partial charge on any atom is 0.00556 e. The van der Waals surface area contributed by atoms with E-state index in [1.54, 1.807) is 6.08 Å². The van der Waals surface area contributed by atoms with Crippen LogP contribution in [-0.2, 0) is 0 Å². The minimum atomic E-state index is 1.50. The maximum atomic E-state index is 5.04. The fraction of sp³-hybridized carbons (Fsp3) is 0.333. The average molecular weight is 96.2 g/mol. The summed E-state index contributed by atoms with van der Waals surface area (Å²) in [4.78, 5) is 1.92. The highest BCUT2D eigenvalue weighted by Gasteiger charge is 1.67. The van der Waals surface area contributed by atoms with E-state index in [1.165, 1.54) is 6.08 Å². The van der Waals surface area contributed by atoms with Crippen LogP contribution in [0.2, 0.25) is 0 Å².